The Morgan fingerprint density at radius 2 is 2.17 bits per heavy atom. The maximum absolute atomic E-state index is 13.1. The van der Waals surface area contributed by atoms with Crippen LogP contribution >= 0.6 is 0 Å². The molecule has 0 aliphatic rings. The lowest BCUT2D eigenvalue weighted by Crippen LogP contribution is -2.13. The summed E-state index contributed by atoms with van der Waals surface area (Å²) in [6.07, 6.45) is 0. The second kappa shape index (κ2) is 4.48. The first-order valence-electron chi connectivity index (χ1n) is 5.30. The number of nitrogens with one attached hydrogen (secondary N) is 2. The van der Waals surface area contributed by atoms with Gasteiger partial charge in [-0.2, -0.15) is 5.10 Å². The lowest BCUT2D eigenvalue weighted by molar-refractivity contribution is 0.102. The molecule has 0 bridgehead atoms. The fraction of sp³-hybridized carbons (Fsp3) is 0.167. The van der Waals surface area contributed by atoms with Crippen LogP contribution in [0.25, 0.3) is 0 Å². The molecule has 0 saturated heterocycles. The summed E-state index contributed by atoms with van der Waals surface area (Å²) in [7, 11) is 0. The van der Waals surface area contributed by atoms with Crippen molar-refractivity contribution in [2.24, 2.45) is 0 Å². The van der Waals surface area contributed by atoms with Crippen LogP contribution in [0.1, 0.15) is 21.7 Å². The second-order valence-electron chi connectivity index (χ2n) is 3.93. The van der Waals surface area contributed by atoms with Gasteiger partial charge in [0.25, 0.3) is 5.91 Å². The van der Waals surface area contributed by atoms with Gasteiger partial charge in [-0.15, -0.1) is 0 Å². The van der Waals surface area contributed by atoms with E-state index in [1.54, 1.807) is 13.8 Å². The quantitative estimate of drug-likeness (QED) is 0.713. The molecule has 1 aromatic heterocycles. The van der Waals surface area contributed by atoms with E-state index < -0.39 is 11.6 Å². The minimum Gasteiger partial charge on any atom is -0.505 e. The number of aryl methyl sites for hydroxylation is 2. The molecule has 0 unspecified atom stereocenters. The molecule has 0 spiro atoms. The van der Waals surface area contributed by atoms with E-state index in [0.717, 1.165) is 6.07 Å². The predicted molar refractivity (Wildman–Crippen MR) is 64.1 cm³/mol. The summed E-state index contributed by atoms with van der Waals surface area (Å²) in [5.74, 6) is -1.61. The third kappa shape index (κ3) is 2.17. The van der Waals surface area contributed by atoms with Crippen molar-refractivity contribution in [3.63, 3.8) is 0 Å². The molecule has 0 radical (unpaired) electrons. The number of aromatic amines is 1. The van der Waals surface area contributed by atoms with Crippen LogP contribution < -0.4 is 5.32 Å². The van der Waals surface area contributed by atoms with E-state index in [1.807, 2.05) is 0 Å². The number of phenols is 1. The molecule has 1 amide bonds. The van der Waals surface area contributed by atoms with Crippen LogP contribution in [-0.2, 0) is 0 Å². The van der Waals surface area contributed by atoms with E-state index in [-0.39, 0.29) is 11.6 Å². The molecule has 0 aliphatic heterocycles. The van der Waals surface area contributed by atoms with Gasteiger partial charge in [-0.3, -0.25) is 9.89 Å². The van der Waals surface area contributed by atoms with Crippen molar-refractivity contribution in [3.8, 4) is 5.75 Å². The molecule has 0 fully saturated rings. The molecule has 0 saturated carbocycles. The summed E-state index contributed by atoms with van der Waals surface area (Å²) in [4.78, 5) is 12.0. The lowest BCUT2D eigenvalue weighted by atomic mass is 10.2. The number of hydrogen-bond donors (Lipinski definition) is 3. The van der Waals surface area contributed by atoms with E-state index >= 15 is 0 Å². The van der Waals surface area contributed by atoms with Crippen molar-refractivity contribution in [1.29, 1.82) is 0 Å². The van der Waals surface area contributed by atoms with E-state index in [0.29, 0.717) is 17.0 Å². The molecule has 6 heteroatoms. The topological polar surface area (TPSA) is 78.0 Å². The van der Waals surface area contributed by atoms with Gasteiger partial charge in [0.2, 0.25) is 0 Å². The number of nitrogens with zero attached hydrogens (tertiary/aromatic N) is 1. The number of rotatable bonds is 2. The van der Waals surface area contributed by atoms with Crippen LogP contribution in [0.5, 0.6) is 5.75 Å². The van der Waals surface area contributed by atoms with Crippen LogP contribution in [0.15, 0.2) is 18.2 Å². The highest BCUT2D eigenvalue weighted by atomic mass is 19.1. The number of hydrogen-bond acceptors (Lipinski definition) is 3. The van der Waals surface area contributed by atoms with Crippen LogP contribution in [0.3, 0.4) is 0 Å². The largest absolute Gasteiger partial charge is 0.505 e. The molecule has 2 rings (SSSR count). The predicted octanol–water partition coefficient (Wildman–Crippen LogP) is 2.12. The van der Waals surface area contributed by atoms with Gasteiger partial charge >= 0.3 is 0 Å². The van der Waals surface area contributed by atoms with E-state index in [2.05, 4.69) is 15.5 Å². The van der Waals surface area contributed by atoms with E-state index in [4.69, 9.17) is 5.11 Å². The number of halogens is 1. The third-order valence-corrected chi connectivity index (χ3v) is 2.56. The van der Waals surface area contributed by atoms with Crippen LogP contribution in [0.4, 0.5) is 10.1 Å². The number of carbonyl (C=O) groups is 1. The number of carbonyl (C=O) groups excluding carboxylic acids is 1. The first-order valence-corrected chi connectivity index (χ1v) is 5.30. The third-order valence-electron chi connectivity index (χ3n) is 2.56. The smallest absolute Gasteiger partial charge is 0.259 e. The maximum atomic E-state index is 13.1. The molecule has 5 nitrogen and oxygen atoms in total. The normalized spacial score (nSPS) is 10.4. The molecule has 2 aromatic rings. The fourth-order valence-corrected chi connectivity index (χ4v) is 1.66. The summed E-state index contributed by atoms with van der Waals surface area (Å²) in [5, 5.41) is 18.2. The minimum atomic E-state index is -0.784. The summed E-state index contributed by atoms with van der Waals surface area (Å²) in [5.41, 5.74) is 1.92. The average molecular weight is 249 g/mol. The van der Waals surface area contributed by atoms with Gasteiger partial charge in [-0.05, 0) is 26.0 Å². The number of aromatic nitrogens is 2. The highest BCUT2D eigenvalue weighted by molar-refractivity contribution is 6.05. The lowest BCUT2D eigenvalue weighted by Gasteiger charge is -2.06. The van der Waals surface area contributed by atoms with Gasteiger partial charge in [0.1, 0.15) is 0 Å². The minimum absolute atomic E-state index is 0.273. The van der Waals surface area contributed by atoms with Crippen molar-refractivity contribution >= 4 is 11.6 Å². The first kappa shape index (κ1) is 12.1. The molecule has 0 atom stereocenters. The standard InChI is InChI=1S/C12H12FN3O2/c1-6-11(7(2)16-15-6)12(18)14-8-3-4-10(17)9(13)5-8/h3-5,17H,1-2H3,(H,14,18)(H,15,16). The van der Waals surface area contributed by atoms with Gasteiger partial charge in [0.15, 0.2) is 11.6 Å². The summed E-state index contributed by atoms with van der Waals surface area (Å²) >= 11 is 0. The molecule has 94 valence electrons. The van der Waals surface area contributed by atoms with E-state index in [9.17, 15) is 9.18 Å². The Kier molecular flexibility index (Phi) is 3.01. The van der Waals surface area contributed by atoms with Gasteiger partial charge < -0.3 is 10.4 Å². The van der Waals surface area contributed by atoms with Crippen LogP contribution in [0, 0.1) is 19.7 Å². The molecule has 1 heterocycles. The number of benzene rings is 1. The van der Waals surface area contributed by atoms with E-state index in [1.165, 1.54) is 12.1 Å². The Morgan fingerprint density at radius 3 is 2.72 bits per heavy atom. The Balaban J connectivity index is 2.24. The SMILES string of the molecule is Cc1n[nH]c(C)c1C(=O)Nc1ccc(O)c(F)c1. The maximum Gasteiger partial charge on any atom is 0.259 e. The second-order valence-corrected chi connectivity index (χ2v) is 3.93. The van der Waals surface area contributed by atoms with Crippen molar-refractivity contribution in [2.75, 3.05) is 5.32 Å². The summed E-state index contributed by atoms with van der Waals surface area (Å²) in [6, 6.07) is 3.65. The summed E-state index contributed by atoms with van der Waals surface area (Å²) in [6.45, 7) is 3.43. The zero-order valence-electron chi connectivity index (χ0n) is 9.91. The Bertz CT molecular complexity index is 588. The zero-order valence-corrected chi connectivity index (χ0v) is 9.91. The zero-order chi connectivity index (χ0) is 13.3. The van der Waals surface area contributed by atoms with Gasteiger partial charge in [0, 0.05) is 17.4 Å². The van der Waals surface area contributed by atoms with Gasteiger partial charge in [-0.25, -0.2) is 4.39 Å². The highest BCUT2D eigenvalue weighted by Crippen LogP contribution is 2.20. The Hall–Kier alpha value is -2.37. The molecule has 18 heavy (non-hydrogen) atoms. The number of H-pyrrole nitrogens is 1. The highest BCUT2D eigenvalue weighted by Gasteiger charge is 2.15. The molecule has 0 aliphatic carbocycles. The first-order chi connectivity index (χ1) is 8.49. The van der Waals surface area contributed by atoms with Gasteiger partial charge in [0.05, 0.1) is 11.3 Å². The summed E-state index contributed by atoms with van der Waals surface area (Å²) < 4.78 is 13.1. The number of anilines is 1. The van der Waals surface area contributed by atoms with Crippen molar-refractivity contribution in [2.45, 2.75) is 13.8 Å². The average Bonchev–Trinajstić information content (AvgIpc) is 2.64. The number of amides is 1. The van der Waals surface area contributed by atoms with Crippen molar-refractivity contribution in [1.82, 2.24) is 10.2 Å². The number of aromatic hydroxyl groups is 1. The Morgan fingerprint density at radius 1 is 1.44 bits per heavy atom. The fourth-order valence-electron chi connectivity index (χ4n) is 1.66. The molecule has 3 N–H and O–H groups in total. The molecular formula is C12H12FN3O2. The molecular weight excluding hydrogens is 237 g/mol. The van der Waals surface area contributed by atoms with Crippen LogP contribution in [0.2, 0.25) is 0 Å². The van der Waals surface area contributed by atoms with Crippen molar-refractivity contribution < 1.29 is 14.3 Å². The number of phenolic OH excluding ortho intramolecular Hbond substituents is 1. The monoisotopic (exact) mass is 249 g/mol. The Labute approximate surface area is 103 Å². The van der Waals surface area contributed by atoms with Crippen LogP contribution in [-0.4, -0.2) is 21.2 Å². The van der Waals surface area contributed by atoms with Crippen molar-refractivity contribution in [3.05, 3.63) is 41.0 Å². The van der Waals surface area contributed by atoms with Gasteiger partial charge in [-0.1, -0.05) is 0 Å². The molecule has 1 aromatic carbocycles.